The lowest BCUT2D eigenvalue weighted by atomic mass is 10.2. The molecule has 0 unspecified atom stereocenters. The predicted octanol–water partition coefficient (Wildman–Crippen LogP) is 3.45. The number of methoxy groups -OCH3 is 4. The molecule has 0 aliphatic carbocycles. The fourth-order valence-electron chi connectivity index (χ4n) is 2.90. The maximum atomic E-state index is 11.4. The van der Waals surface area contributed by atoms with E-state index in [1.165, 1.54) is 25.8 Å². The van der Waals surface area contributed by atoms with Crippen molar-refractivity contribution >= 4 is 24.4 Å². The summed E-state index contributed by atoms with van der Waals surface area (Å²) < 4.78 is 28.3. The fourth-order valence-corrected chi connectivity index (χ4v) is 3.08. The first kappa shape index (κ1) is 22.8. The number of rotatable bonds is 8. The summed E-state index contributed by atoms with van der Waals surface area (Å²) in [4.78, 5) is 11.4. The molecule has 0 atom stereocenters. The smallest absolute Gasteiger partial charge is 0.308 e. The van der Waals surface area contributed by atoms with Crippen LogP contribution < -0.4 is 23.7 Å². The van der Waals surface area contributed by atoms with Gasteiger partial charge in [0.25, 0.3) is 0 Å². The predicted molar refractivity (Wildman–Crippen MR) is 120 cm³/mol. The Morgan fingerprint density at radius 3 is 2.19 bits per heavy atom. The maximum absolute atomic E-state index is 11.4. The molecule has 2 aromatic carbocycles. The van der Waals surface area contributed by atoms with Crippen molar-refractivity contribution in [1.29, 1.82) is 0 Å². The minimum atomic E-state index is -0.493. The highest BCUT2D eigenvalue weighted by atomic mass is 32.1. The minimum absolute atomic E-state index is 0.186. The van der Waals surface area contributed by atoms with E-state index in [2.05, 4.69) is 15.3 Å². The largest absolute Gasteiger partial charge is 0.493 e. The van der Waals surface area contributed by atoms with Crippen molar-refractivity contribution < 1.29 is 28.5 Å². The second-order valence-electron chi connectivity index (χ2n) is 6.33. The summed E-state index contributed by atoms with van der Waals surface area (Å²) in [5.41, 5.74) is 1.34. The fraction of sp³-hybridized carbons (Fsp3) is 0.238. The summed E-state index contributed by atoms with van der Waals surface area (Å²) in [5.74, 6) is 1.94. The van der Waals surface area contributed by atoms with Crippen molar-refractivity contribution in [3.8, 4) is 40.1 Å². The summed E-state index contributed by atoms with van der Waals surface area (Å²) >= 11 is 5.33. The van der Waals surface area contributed by atoms with Crippen molar-refractivity contribution in [1.82, 2.24) is 14.9 Å². The van der Waals surface area contributed by atoms with Crippen molar-refractivity contribution in [2.45, 2.75) is 6.92 Å². The Labute approximate surface area is 189 Å². The Morgan fingerprint density at radius 2 is 1.62 bits per heavy atom. The van der Waals surface area contributed by atoms with Crippen LogP contribution in [0.4, 0.5) is 0 Å². The molecule has 0 spiro atoms. The van der Waals surface area contributed by atoms with E-state index in [1.807, 2.05) is 6.07 Å². The lowest BCUT2D eigenvalue weighted by molar-refractivity contribution is -0.132. The Morgan fingerprint density at radius 1 is 1.00 bits per heavy atom. The molecule has 0 saturated carbocycles. The van der Waals surface area contributed by atoms with Gasteiger partial charge in [-0.15, -0.1) is 0 Å². The van der Waals surface area contributed by atoms with Crippen LogP contribution in [0.15, 0.2) is 35.4 Å². The number of carbonyl (C=O) groups is 1. The van der Waals surface area contributed by atoms with E-state index in [0.717, 1.165) is 0 Å². The summed E-state index contributed by atoms with van der Waals surface area (Å²) in [5, 5.41) is 11.5. The molecule has 0 bridgehead atoms. The van der Waals surface area contributed by atoms with Crippen LogP contribution in [0.25, 0.3) is 11.4 Å². The van der Waals surface area contributed by atoms with Gasteiger partial charge in [0, 0.05) is 18.1 Å². The monoisotopic (exact) mass is 458 g/mol. The number of esters is 1. The Bertz CT molecular complexity index is 1190. The van der Waals surface area contributed by atoms with Gasteiger partial charge in [-0.05, 0) is 42.5 Å². The molecule has 0 saturated heterocycles. The zero-order valence-electron chi connectivity index (χ0n) is 18.2. The highest BCUT2D eigenvalue weighted by molar-refractivity contribution is 7.71. The van der Waals surface area contributed by atoms with Gasteiger partial charge in [-0.1, -0.05) is 0 Å². The standard InChI is InChI=1S/C21H22N4O6S/c1-12(26)31-19-17(29-4)8-13(9-18(19)30-5)11-22-25-20(23-24-21(25)32)14-6-7-15(27-2)16(10-14)28-3/h6-11H,1-5H3,(H,24,32). The van der Waals surface area contributed by atoms with Crippen LogP contribution >= 0.6 is 12.2 Å². The third-order valence-electron chi connectivity index (χ3n) is 4.34. The van der Waals surface area contributed by atoms with Gasteiger partial charge in [0.15, 0.2) is 28.8 Å². The van der Waals surface area contributed by atoms with Crippen LogP contribution in [0, 0.1) is 4.77 Å². The van der Waals surface area contributed by atoms with Crippen molar-refractivity contribution in [3.05, 3.63) is 40.7 Å². The van der Waals surface area contributed by atoms with Crippen LogP contribution in [0.3, 0.4) is 0 Å². The lowest BCUT2D eigenvalue weighted by Gasteiger charge is -2.13. The average Bonchev–Trinajstić information content (AvgIpc) is 3.17. The molecule has 0 aliphatic heterocycles. The Kier molecular flexibility index (Phi) is 7.11. The molecule has 1 aromatic heterocycles. The van der Waals surface area contributed by atoms with Crippen molar-refractivity contribution in [2.75, 3.05) is 28.4 Å². The highest BCUT2D eigenvalue weighted by Gasteiger charge is 2.16. The normalized spacial score (nSPS) is 10.8. The molecule has 10 nitrogen and oxygen atoms in total. The molecule has 1 N–H and O–H groups in total. The number of hydrogen-bond donors (Lipinski definition) is 1. The quantitative estimate of drug-likeness (QED) is 0.237. The van der Waals surface area contributed by atoms with Gasteiger partial charge in [0.1, 0.15) is 0 Å². The van der Waals surface area contributed by atoms with Crippen molar-refractivity contribution in [3.63, 3.8) is 0 Å². The number of ether oxygens (including phenoxy) is 5. The SMILES string of the molecule is COc1ccc(-c2n[nH]c(=S)n2N=Cc2cc(OC)c(OC(C)=O)c(OC)c2)cc1OC. The highest BCUT2D eigenvalue weighted by Crippen LogP contribution is 2.38. The van der Waals surface area contributed by atoms with Gasteiger partial charge < -0.3 is 23.7 Å². The number of aromatic amines is 1. The number of nitrogens with zero attached hydrogens (tertiary/aromatic N) is 3. The number of aromatic nitrogens is 3. The van der Waals surface area contributed by atoms with Crippen LogP contribution in [-0.2, 0) is 4.79 Å². The zero-order chi connectivity index (χ0) is 23.3. The third kappa shape index (κ3) is 4.72. The molecule has 3 aromatic rings. The van der Waals surface area contributed by atoms with Gasteiger partial charge in [0.2, 0.25) is 10.5 Å². The molecule has 0 amide bonds. The number of hydrogen-bond acceptors (Lipinski definition) is 9. The van der Waals surface area contributed by atoms with Crippen LogP contribution in [0.2, 0.25) is 0 Å². The van der Waals surface area contributed by atoms with E-state index in [9.17, 15) is 4.79 Å². The molecular weight excluding hydrogens is 436 g/mol. The van der Waals surface area contributed by atoms with Gasteiger partial charge in [-0.25, -0.2) is 5.10 Å². The number of nitrogens with one attached hydrogen (secondary N) is 1. The number of carbonyl (C=O) groups excluding carboxylic acids is 1. The average molecular weight is 458 g/mol. The Balaban J connectivity index is 2.02. The first-order valence-electron chi connectivity index (χ1n) is 9.30. The van der Waals surface area contributed by atoms with E-state index < -0.39 is 5.97 Å². The van der Waals surface area contributed by atoms with Gasteiger partial charge >= 0.3 is 5.97 Å². The third-order valence-corrected chi connectivity index (χ3v) is 4.61. The van der Waals surface area contributed by atoms with Crippen LogP contribution in [0.1, 0.15) is 12.5 Å². The van der Waals surface area contributed by atoms with E-state index >= 15 is 0 Å². The molecule has 168 valence electrons. The molecule has 32 heavy (non-hydrogen) atoms. The van der Waals surface area contributed by atoms with Gasteiger partial charge in [-0.3, -0.25) is 4.79 Å². The maximum Gasteiger partial charge on any atom is 0.308 e. The first-order valence-corrected chi connectivity index (χ1v) is 9.71. The molecule has 3 rings (SSSR count). The summed E-state index contributed by atoms with van der Waals surface area (Å²) in [7, 11) is 6.04. The topological polar surface area (TPSA) is 109 Å². The molecular formula is C21H22N4O6S. The number of benzene rings is 2. The van der Waals surface area contributed by atoms with Crippen LogP contribution in [-0.4, -0.2) is 55.5 Å². The molecule has 1 heterocycles. The van der Waals surface area contributed by atoms with E-state index in [0.29, 0.717) is 44.7 Å². The summed E-state index contributed by atoms with van der Waals surface area (Å²) in [6.45, 7) is 1.30. The lowest BCUT2D eigenvalue weighted by Crippen LogP contribution is -2.05. The molecule has 11 heteroatoms. The van der Waals surface area contributed by atoms with Gasteiger partial charge in [0.05, 0.1) is 34.7 Å². The van der Waals surface area contributed by atoms with E-state index in [-0.39, 0.29) is 5.75 Å². The zero-order valence-corrected chi connectivity index (χ0v) is 19.0. The first-order chi connectivity index (χ1) is 15.4. The summed E-state index contributed by atoms with van der Waals surface area (Å²) in [6, 6.07) is 8.67. The van der Waals surface area contributed by atoms with Crippen LogP contribution in [0.5, 0.6) is 28.7 Å². The minimum Gasteiger partial charge on any atom is -0.493 e. The molecule has 0 aliphatic rings. The van der Waals surface area contributed by atoms with E-state index in [1.54, 1.807) is 44.7 Å². The van der Waals surface area contributed by atoms with Gasteiger partial charge in [-0.2, -0.15) is 14.9 Å². The Hall–Kier alpha value is -3.86. The van der Waals surface area contributed by atoms with Crippen molar-refractivity contribution in [2.24, 2.45) is 5.10 Å². The van der Waals surface area contributed by atoms with E-state index in [4.69, 9.17) is 35.9 Å². The number of H-pyrrole nitrogens is 1. The summed E-state index contributed by atoms with van der Waals surface area (Å²) in [6.07, 6.45) is 1.55. The second kappa shape index (κ2) is 9.96. The molecule has 0 fully saturated rings. The molecule has 0 radical (unpaired) electrons. The second-order valence-corrected chi connectivity index (χ2v) is 6.71.